The summed E-state index contributed by atoms with van der Waals surface area (Å²) in [6.45, 7) is 8.01. The molecule has 1 aliphatic rings. The van der Waals surface area contributed by atoms with Crippen molar-refractivity contribution in [2.75, 3.05) is 27.3 Å². The van der Waals surface area contributed by atoms with Crippen LogP contribution in [-0.4, -0.2) is 48.2 Å². The van der Waals surface area contributed by atoms with Gasteiger partial charge < -0.3 is 24.7 Å². The number of ether oxygens (including phenoxy) is 2. The molecule has 0 bridgehead atoms. The van der Waals surface area contributed by atoms with E-state index < -0.39 is 0 Å². The minimum atomic E-state index is -0.269. The van der Waals surface area contributed by atoms with E-state index in [2.05, 4.69) is 55.0 Å². The van der Waals surface area contributed by atoms with Crippen molar-refractivity contribution in [3.63, 3.8) is 0 Å². The quantitative estimate of drug-likeness (QED) is 0.494. The summed E-state index contributed by atoms with van der Waals surface area (Å²) in [5.74, 6) is 1.46. The Labute approximate surface area is 199 Å². The molecule has 0 radical (unpaired) electrons. The van der Waals surface area contributed by atoms with Crippen LogP contribution in [0.1, 0.15) is 43.2 Å². The highest BCUT2D eigenvalue weighted by atomic mass is 32.1. The highest BCUT2D eigenvalue weighted by Gasteiger charge is 2.32. The first-order valence-corrected chi connectivity index (χ1v) is 12.2. The lowest BCUT2D eigenvalue weighted by Gasteiger charge is -2.32. The molecule has 4 rings (SSSR count). The van der Waals surface area contributed by atoms with Crippen LogP contribution in [0.2, 0.25) is 0 Å². The molecule has 0 unspecified atom stereocenters. The van der Waals surface area contributed by atoms with E-state index in [1.165, 1.54) is 5.56 Å². The maximum atomic E-state index is 13.6. The van der Waals surface area contributed by atoms with E-state index >= 15 is 0 Å². The van der Waals surface area contributed by atoms with Gasteiger partial charge >= 0.3 is 0 Å². The Balaban J connectivity index is 1.88. The number of benzene rings is 1. The molecule has 3 heterocycles. The highest BCUT2D eigenvalue weighted by Crippen LogP contribution is 2.45. The van der Waals surface area contributed by atoms with E-state index in [1.807, 2.05) is 18.0 Å². The zero-order valence-corrected chi connectivity index (χ0v) is 20.9. The van der Waals surface area contributed by atoms with E-state index in [4.69, 9.17) is 15.2 Å². The molecular formula is C26H33N3O3S. The van der Waals surface area contributed by atoms with Crippen LogP contribution in [0.15, 0.2) is 35.7 Å². The Morgan fingerprint density at radius 2 is 2.00 bits per heavy atom. The van der Waals surface area contributed by atoms with Crippen LogP contribution in [0.4, 0.5) is 0 Å². The number of carbonyl (C=O) groups excluding carboxylic acids is 1. The van der Waals surface area contributed by atoms with Crippen LogP contribution >= 0.6 is 11.3 Å². The van der Waals surface area contributed by atoms with Gasteiger partial charge in [-0.25, -0.2) is 0 Å². The molecule has 3 aromatic rings. The van der Waals surface area contributed by atoms with Crippen LogP contribution in [0.25, 0.3) is 21.7 Å². The normalized spacial score (nSPS) is 12.8. The zero-order chi connectivity index (χ0) is 23.8. The molecule has 0 atom stereocenters. The molecule has 2 aromatic heterocycles. The standard InChI is InChI=1S/C26H33N3O3S/c1-26(2,3)28(4)25(30)20-15-19(23-8-6-13-33-23)24-18-16-22(32-12-7-10-27)21(31-5)14-17(18)9-11-29(20)24/h6,8,13-16H,7,9-12,27H2,1-5H3. The first kappa shape index (κ1) is 23.4. The summed E-state index contributed by atoms with van der Waals surface area (Å²) in [7, 11) is 3.54. The smallest absolute Gasteiger partial charge is 0.270 e. The largest absolute Gasteiger partial charge is 0.493 e. The number of hydrogen-bond donors (Lipinski definition) is 1. The van der Waals surface area contributed by atoms with Crippen molar-refractivity contribution in [3.05, 3.63) is 47.0 Å². The number of carbonyl (C=O) groups is 1. The number of rotatable bonds is 7. The molecule has 2 N–H and O–H groups in total. The van der Waals surface area contributed by atoms with Gasteiger partial charge in [-0.1, -0.05) is 6.07 Å². The Morgan fingerprint density at radius 1 is 1.21 bits per heavy atom. The number of nitrogens with zero attached hydrogens (tertiary/aromatic N) is 2. The fourth-order valence-corrected chi connectivity index (χ4v) is 4.89. The van der Waals surface area contributed by atoms with Gasteiger partial charge in [-0.05, 0) is 75.4 Å². The first-order valence-electron chi connectivity index (χ1n) is 11.4. The predicted octanol–water partition coefficient (Wildman–Crippen LogP) is 5.05. The van der Waals surface area contributed by atoms with Crippen molar-refractivity contribution < 1.29 is 14.3 Å². The molecule has 0 fully saturated rings. The van der Waals surface area contributed by atoms with Crippen molar-refractivity contribution in [1.29, 1.82) is 0 Å². The lowest BCUT2D eigenvalue weighted by atomic mass is 9.95. The summed E-state index contributed by atoms with van der Waals surface area (Å²) in [5, 5.41) is 2.07. The van der Waals surface area contributed by atoms with E-state index in [9.17, 15) is 4.79 Å². The fourth-order valence-electron chi connectivity index (χ4n) is 4.14. The number of thiophene rings is 1. The molecule has 6 nitrogen and oxygen atoms in total. The first-order chi connectivity index (χ1) is 15.8. The second-order valence-corrected chi connectivity index (χ2v) is 10.3. The molecule has 0 spiro atoms. The molecule has 33 heavy (non-hydrogen) atoms. The van der Waals surface area contributed by atoms with Gasteiger partial charge in [-0.15, -0.1) is 11.3 Å². The van der Waals surface area contributed by atoms with Crippen molar-refractivity contribution >= 4 is 17.2 Å². The van der Waals surface area contributed by atoms with E-state index in [-0.39, 0.29) is 11.4 Å². The van der Waals surface area contributed by atoms with Gasteiger partial charge in [0, 0.05) is 35.1 Å². The summed E-state index contributed by atoms with van der Waals surface area (Å²) in [6.07, 6.45) is 1.59. The molecular weight excluding hydrogens is 434 g/mol. The zero-order valence-electron chi connectivity index (χ0n) is 20.1. The maximum absolute atomic E-state index is 13.6. The summed E-state index contributed by atoms with van der Waals surface area (Å²) < 4.78 is 13.8. The average molecular weight is 468 g/mol. The number of aromatic nitrogens is 1. The second-order valence-electron chi connectivity index (χ2n) is 9.36. The van der Waals surface area contributed by atoms with Crippen molar-refractivity contribution in [2.45, 2.75) is 45.7 Å². The van der Waals surface area contributed by atoms with Crippen LogP contribution in [-0.2, 0) is 13.0 Å². The molecule has 0 saturated carbocycles. The summed E-state index contributed by atoms with van der Waals surface area (Å²) >= 11 is 1.68. The molecule has 1 aliphatic heterocycles. The minimum Gasteiger partial charge on any atom is -0.493 e. The Bertz CT molecular complexity index is 1140. The number of amides is 1. The molecule has 176 valence electrons. The van der Waals surface area contributed by atoms with Crippen LogP contribution in [0, 0.1) is 0 Å². The predicted molar refractivity (Wildman–Crippen MR) is 134 cm³/mol. The minimum absolute atomic E-state index is 0.0305. The Hall–Kier alpha value is -2.77. The van der Waals surface area contributed by atoms with Crippen molar-refractivity contribution in [2.24, 2.45) is 5.73 Å². The van der Waals surface area contributed by atoms with Crippen LogP contribution in [0.5, 0.6) is 11.5 Å². The average Bonchev–Trinajstić information content (AvgIpc) is 3.45. The van der Waals surface area contributed by atoms with Crippen LogP contribution in [0.3, 0.4) is 0 Å². The molecule has 1 amide bonds. The monoisotopic (exact) mass is 467 g/mol. The summed E-state index contributed by atoms with van der Waals surface area (Å²) in [6, 6.07) is 10.4. The van der Waals surface area contributed by atoms with Gasteiger partial charge in [0.1, 0.15) is 5.69 Å². The fraction of sp³-hybridized carbons (Fsp3) is 0.423. The van der Waals surface area contributed by atoms with Crippen LogP contribution < -0.4 is 15.2 Å². The maximum Gasteiger partial charge on any atom is 0.270 e. The number of methoxy groups -OCH3 is 1. The van der Waals surface area contributed by atoms with Gasteiger partial charge in [0.15, 0.2) is 11.5 Å². The third-order valence-corrected chi connectivity index (χ3v) is 7.17. The SMILES string of the molecule is COc1cc2c(cc1OCCCN)-c1c(-c3cccs3)cc(C(=O)N(C)C(C)(C)C)n1CC2. The van der Waals surface area contributed by atoms with E-state index in [1.54, 1.807) is 18.4 Å². The molecule has 1 aromatic carbocycles. The van der Waals surface area contributed by atoms with E-state index in [0.717, 1.165) is 52.5 Å². The summed E-state index contributed by atoms with van der Waals surface area (Å²) in [4.78, 5) is 16.5. The lowest BCUT2D eigenvalue weighted by Crippen LogP contribution is -2.43. The topological polar surface area (TPSA) is 69.7 Å². The third-order valence-electron chi connectivity index (χ3n) is 6.27. The van der Waals surface area contributed by atoms with Gasteiger partial charge in [0.25, 0.3) is 5.91 Å². The lowest BCUT2D eigenvalue weighted by molar-refractivity contribution is 0.0644. The number of nitrogens with two attached hydrogens (primary N) is 1. The summed E-state index contributed by atoms with van der Waals surface area (Å²) in [5.41, 5.74) is 10.5. The van der Waals surface area contributed by atoms with Crippen molar-refractivity contribution in [3.8, 4) is 33.2 Å². The molecule has 0 aliphatic carbocycles. The van der Waals surface area contributed by atoms with Gasteiger partial charge in [0.05, 0.1) is 19.4 Å². The van der Waals surface area contributed by atoms with Gasteiger partial charge in [-0.3, -0.25) is 4.79 Å². The number of hydrogen-bond acceptors (Lipinski definition) is 5. The number of fused-ring (bicyclic) bond motifs is 3. The number of aryl methyl sites for hydroxylation is 1. The van der Waals surface area contributed by atoms with Gasteiger partial charge in [-0.2, -0.15) is 0 Å². The highest BCUT2D eigenvalue weighted by molar-refractivity contribution is 7.13. The van der Waals surface area contributed by atoms with E-state index in [0.29, 0.717) is 18.9 Å². The molecule has 7 heteroatoms. The van der Waals surface area contributed by atoms with Crippen molar-refractivity contribution in [1.82, 2.24) is 9.47 Å². The Kier molecular flexibility index (Phi) is 6.54. The Morgan fingerprint density at radius 3 is 2.64 bits per heavy atom. The van der Waals surface area contributed by atoms with Gasteiger partial charge in [0.2, 0.25) is 0 Å². The second kappa shape index (κ2) is 9.23. The molecule has 0 saturated heterocycles. The third kappa shape index (κ3) is 4.39.